The maximum atomic E-state index is 5.87. The lowest BCUT2D eigenvalue weighted by atomic mass is 10.2. The van der Waals surface area contributed by atoms with E-state index in [0.29, 0.717) is 16.6 Å². The number of hydrogen-bond donors (Lipinski definition) is 1. The summed E-state index contributed by atoms with van der Waals surface area (Å²) in [5, 5.41) is 14.4. The van der Waals surface area contributed by atoms with Gasteiger partial charge in [0.15, 0.2) is 6.10 Å². The van der Waals surface area contributed by atoms with Crippen molar-refractivity contribution in [2.75, 3.05) is 0 Å². The van der Waals surface area contributed by atoms with E-state index in [1.165, 1.54) is 0 Å². The van der Waals surface area contributed by atoms with Crippen LogP contribution in [0.4, 0.5) is 0 Å². The van der Waals surface area contributed by atoms with Crippen molar-refractivity contribution >= 4 is 11.6 Å². The molecule has 0 saturated heterocycles. The largest absolute Gasteiger partial charge is 0.482 e. The number of tetrazole rings is 1. The summed E-state index contributed by atoms with van der Waals surface area (Å²) in [7, 11) is 0. The van der Waals surface area contributed by atoms with Crippen LogP contribution < -0.4 is 4.74 Å². The maximum Gasteiger partial charge on any atom is 0.214 e. The summed E-state index contributed by atoms with van der Waals surface area (Å²) in [4.78, 5) is 0. The number of aromatic nitrogens is 4. The Hall–Kier alpha value is -1.62. The molecule has 0 fully saturated rings. The molecule has 1 atom stereocenters. The maximum absolute atomic E-state index is 5.87. The average molecular weight is 239 g/mol. The molecule has 1 aromatic carbocycles. The van der Waals surface area contributed by atoms with Gasteiger partial charge in [-0.25, -0.2) is 0 Å². The van der Waals surface area contributed by atoms with E-state index in [1.54, 1.807) is 12.1 Å². The highest BCUT2D eigenvalue weighted by Crippen LogP contribution is 2.24. The van der Waals surface area contributed by atoms with Crippen molar-refractivity contribution in [2.45, 2.75) is 19.4 Å². The van der Waals surface area contributed by atoms with Crippen molar-refractivity contribution in [3.63, 3.8) is 0 Å². The fraction of sp³-hybridized carbons (Fsp3) is 0.300. The predicted molar refractivity (Wildman–Crippen MR) is 59.3 cm³/mol. The molecule has 0 bridgehead atoms. The van der Waals surface area contributed by atoms with Gasteiger partial charge in [0.2, 0.25) is 5.82 Å². The van der Waals surface area contributed by atoms with Gasteiger partial charge < -0.3 is 4.74 Å². The minimum Gasteiger partial charge on any atom is -0.482 e. The molecule has 2 rings (SSSR count). The highest BCUT2D eigenvalue weighted by molar-refractivity contribution is 6.30. The normalized spacial score (nSPS) is 12.4. The molecule has 0 spiro atoms. The van der Waals surface area contributed by atoms with E-state index in [4.69, 9.17) is 16.3 Å². The third kappa shape index (κ3) is 2.49. The lowest BCUT2D eigenvalue weighted by molar-refractivity contribution is 0.191. The molecule has 1 heterocycles. The summed E-state index contributed by atoms with van der Waals surface area (Å²) >= 11 is 5.87. The number of benzene rings is 1. The standard InChI is InChI=1S/C10H11ClN4O/c1-2-9(10-12-14-15-13-10)16-8-5-3-4-7(11)6-8/h3-6,9H,2H2,1H3,(H,12,13,14,15). The summed E-state index contributed by atoms with van der Waals surface area (Å²) < 4.78 is 5.72. The number of halogens is 1. The first-order valence-electron chi connectivity index (χ1n) is 4.95. The predicted octanol–water partition coefficient (Wildman–Crippen LogP) is 2.38. The molecule has 84 valence electrons. The summed E-state index contributed by atoms with van der Waals surface area (Å²) in [6, 6.07) is 7.23. The summed E-state index contributed by atoms with van der Waals surface area (Å²) in [5.41, 5.74) is 0. The molecule has 0 aliphatic rings. The van der Waals surface area contributed by atoms with Crippen LogP contribution in [0.2, 0.25) is 5.02 Å². The van der Waals surface area contributed by atoms with Crippen LogP contribution in [0.1, 0.15) is 25.3 Å². The van der Waals surface area contributed by atoms with E-state index in [0.717, 1.165) is 6.42 Å². The third-order valence-corrected chi connectivity index (χ3v) is 2.33. The highest BCUT2D eigenvalue weighted by Gasteiger charge is 2.15. The lowest BCUT2D eigenvalue weighted by Gasteiger charge is -2.13. The van der Waals surface area contributed by atoms with Crippen LogP contribution in [0.15, 0.2) is 24.3 Å². The van der Waals surface area contributed by atoms with Gasteiger partial charge in [0.05, 0.1) is 0 Å². The summed E-state index contributed by atoms with van der Waals surface area (Å²) in [6.45, 7) is 1.99. The smallest absolute Gasteiger partial charge is 0.214 e. The molecular weight excluding hydrogens is 228 g/mol. The number of nitrogens with zero attached hydrogens (tertiary/aromatic N) is 3. The van der Waals surface area contributed by atoms with Gasteiger partial charge in [-0.2, -0.15) is 5.21 Å². The van der Waals surface area contributed by atoms with Crippen LogP contribution in [-0.2, 0) is 0 Å². The van der Waals surface area contributed by atoms with Crippen molar-refractivity contribution in [3.8, 4) is 5.75 Å². The first-order valence-corrected chi connectivity index (χ1v) is 5.33. The second kappa shape index (κ2) is 4.94. The molecular formula is C10H11ClN4O. The van der Waals surface area contributed by atoms with Crippen LogP contribution in [-0.4, -0.2) is 20.6 Å². The number of hydrogen-bond acceptors (Lipinski definition) is 4. The second-order valence-corrected chi connectivity index (χ2v) is 3.68. The lowest BCUT2D eigenvalue weighted by Crippen LogP contribution is -2.08. The molecule has 0 amide bonds. The van der Waals surface area contributed by atoms with Gasteiger partial charge in [-0.05, 0) is 24.6 Å². The van der Waals surface area contributed by atoms with E-state index in [1.807, 2.05) is 19.1 Å². The van der Waals surface area contributed by atoms with Crippen molar-refractivity contribution in [1.82, 2.24) is 20.6 Å². The Morgan fingerprint density at radius 1 is 1.50 bits per heavy atom. The Labute approximate surface area is 97.8 Å². The Bertz CT molecular complexity index is 446. The van der Waals surface area contributed by atoms with Gasteiger partial charge in [0.1, 0.15) is 5.75 Å². The molecule has 1 N–H and O–H groups in total. The van der Waals surface area contributed by atoms with Gasteiger partial charge >= 0.3 is 0 Å². The zero-order chi connectivity index (χ0) is 11.4. The average Bonchev–Trinajstić information content (AvgIpc) is 2.79. The van der Waals surface area contributed by atoms with Gasteiger partial charge in [-0.3, -0.25) is 0 Å². The molecule has 16 heavy (non-hydrogen) atoms. The molecule has 0 saturated carbocycles. The first-order chi connectivity index (χ1) is 7.79. The number of nitrogens with one attached hydrogen (secondary N) is 1. The quantitative estimate of drug-likeness (QED) is 0.888. The SMILES string of the molecule is CCC(Oc1cccc(Cl)c1)c1nn[nH]n1. The van der Waals surface area contributed by atoms with E-state index in [2.05, 4.69) is 20.6 Å². The summed E-state index contributed by atoms with van der Waals surface area (Å²) in [6.07, 6.45) is 0.545. The minimum atomic E-state index is -0.211. The fourth-order valence-electron chi connectivity index (χ4n) is 1.33. The molecule has 1 unspecified atom stereocenters. The van der Waals surface area contributed by atoms with E-state index < -0.39 is 0 Å². The zero-order valence-corrected chi connectivity index (χ0v) is 9.48. The van der Waals surface area contributed by atoms with Crippen molar-refractivity contribution in [1.29, 1.82) is 0 Å². The number of aromatic amines is 1. The van der Waals surface area contributed by atoms with Crippen LogP contribution in [0.25, 0.3) is 0 Å². The molecule has 2 aromatic rings. The van der Waals surface area contributed by atoms with Crippen LogP contribution in [0.3, 0.4) is 0 Å². The van der Waals surface area contributed by atoms with Gasteiger partial charge in [0, 0.05) is 5.02 Å². The second-order valence-electron chi connectivity index (χ2n) is 3.24. The molecule has 1 aromatic heterocycles. The number of H-pyrrole nitrogens is 1. The Morgan fingerprint density at radius 3 is 3.00 bits per heavy atom. The molecule has 0 aliphatic carbocycles. The number of ether oxygens (including phenoxy) is 1. The molecule has 6 heteroatoms. The van der Waals surface area contributed by atoms with Crippen LogP contribution >= 0.6 is 11.6 Å². The molecule has 0 aliphatic heterocycles. The minimum absolute atomic E-state index is 0.211. The molecule has 5 nitrogen and oxygen atoms in total. The number of rotatable bonds is 4. The Morgan fingerprint density at radius 2 is 2.38 bits per heavy atom. The van der Waals surface area contributed by atoms with Crippen LogP contribution in [0.5, 0.6) is 5.75 Å². The van der Waals surface area contributed by atoms with E-state index in [9.17, 15) is 0 Å². The van der Waals surface area contributed by atoms with E-state index >= 15 is 0 Å². The summed E-state index contributed by atoms with van der Waals surface area (Å²) in [5.74, 6) is 1.24. The molecule has 0 radical (unpaired) electrons. The Kier molecular flexibility index (Phi) is 3.36. The van der Waals surface area contributed by atoms with Crippen molar-refractivity contribution in [3.05, 3.63) is 35.1 Å². The van der Waals surface area contributed by atoms with Gasteiger partial charge in [0.25, 0.3) is 0 Å². The van der Waals surface area contributed by atoms with Gasteiger partial charge in [-0.1, -0.05) is 29.8 Å². The highest BCUT2D eigenvalue weighted by atomic mass is 35.5. The third-order valence-electron chi connectivity index (χ3n) is 2.09. The zero-order valence-electron chi connectivity index (χ0n) is 8.72. The van der Waals surface area contributed by atoms with Crippen molar-refractivity contribution < 1.29 is 4.74 Å². The van der Waals surface area contributed by atoms with E-state index in [-0.39, 0.29) is 6.10 Å². The Balaban J connectivity index is 2.13. The first kappa shape index (κ1) is 10.9. The van der Waals surface area contributed by atoms with Crippen molar-refractivity contribution in [2.24, 2.45) is 0 Å². The van der Waals surface area contributed by atoms with Gasteiger partial charge in [-0.15, -0.1) is 10.2 Å². The topological polar surface area (TPSA) is 63.7 Å². The fourth-order valence-corrected chi connectivity index (χ4v) is 1.51. The van der Waals surface area contributed by atoms with Crippen LogP contribution in [0, 0.1) is 0 Å². The monoisotopic (exact) mass is 238 g/mol.